The van der Waals surface area contributed by atoms with Gasteiger partial charge in [0.25, 0.3) is 0 Å². The van der Waals surface area contributed by atoms with E-state index in [0.29, 0.717) is 29.7 Å². The number of carbonyl (C=O) groups is 3. The predicted molar refractivity (Wildman–Crippen MR) is 178 cm³/mol. The van der Waals surface area contributed by atoms with Crippen molar-refractivity contribution in [3.8, 4) is 17.2 Å². The molecule has 0 radical (unpaired) electrons. The number of aromatic hydroxyl groups is 1. The van der Waals surface area contributed by atoms with Gasteiger partial charge in [-0.05, 0) is 92.6 Å². The summed E-state index contributed by atoms with van der Waals surface area (Å²) in [5.41, 5.74) is -2.72. The van der Waals surface area contributed by atoms with Crippen LogP contribution in [0.2, 0.25) is 0 Å². The molecular formula is C39H46O9. The Morgan fingerprint density at radius 2 is 1.79 bits per heavy atom. The Balaban J connectivity index is 1.55. The molecule has 2 N–H and O–H groups in total. The zero-order valence-electron chi connectivity index (χ0n) is 29.2. The standard InChI is InChI=1S/C39H46O9/c1-19(2)10-11-23-31-27(24-16-36(8,46-31)14-13-22(24)20(3)4)30(41)28-29(40)25-17-37(45-9)18-26-35(6,7)48-38(34(37)44,15-12-21(5)33(42)43)39(25,26)47-32(23)28/h10,12,17,22,24,26,41H,3,11,13-16,18H2,1-2,4-9H3,(H,42,43). The Bertz CT molecular complexity index is 1810. The number of phenolic OH excluding ortho intramolecular Hbond substituents is 1. The number of ether oxygens (including phenoxy) is 4. The fraction of sp³-hybridized carbons (Fsp3) is 0.564. The van der Waals surface area contributed by atoms with E-state index in [4.69, 9.17) is 18.9 Å². The molecule has 7 unspecified atom stereocenters. The molecule has 1 aromatic rings. The van der Waals surface area contributed by atoms with Crippen LogP contribution in [0.4, 0.5) is 0 Å². The minimum absolute atomic E-state index is 0.0376. The fourth-order valence-corrected chi connectivity index (χ4v) is 9.87. The lowest BCUT2D eigenvalue weighted by molar-refractivity contribution is -0.190. The van der Waals surface area contributed by atoms with Crippen LogP contribution >= 0.6 is 0 Å². The highest BCUT2D eigenvalue weighted by Crippen LogP contribution is 2.70. The molecule has 3 aliphatic heterocycles. The lowest BCUT2D eigenvalue weighted by Crippen LogP contribution is -2.77. The number of Topliss-reactive ketones (excluding diaryl/α,β-unsaturated/α-hetero) is 2. The average molecular weight is 659 g/mol. The number of ketones is 2. The van der Waals surface area contributed by atoms with Gasteiger partial charge in [-0.1, -0.05) is 29.9 Å². The number of fused-ring (bicyclic) bond motifs is 5. The molecule has 1 saturated heterocycles. The van der Waals surface area contributed by atoms with Crippen molar-refractivity contribution in [1.29, 1.82) is 0 Å². The third-order valence-electron chi connectivity index (χ3n) is 12.2. The van der Waals surface area contributed by atoms with Crippen LogP contribution in [0.25, 0.3) is 0 Å². The fourth-order valence-electron chi connectivity index (χ4n) is 9.87. The number of benzene rings is 1. The van der Waals surface area contributed by atoms with E-state index in [-0.39, 0.29) is 52.9 Å². The van der Waals surface area contributed by atoms with E-state index in [1.54, 1.807) is 6.08 Å². The molecule has 1 spiro atoms. The van der Waals surface area contributed by atoms with Crippen molar-refractivity contribution in [2.24, 2.45) is 11.8 Å². The SMILES string of the molecule is C=C(C)C1CCC2(C)CC1c1c(O)c3c(c(CC=C(C)C)c1O2)OC12C(=CC4(OC)CC1C(C)(C)OC2(CC=C(C)C(=O)O)C4=O)C3=O. The van der Waals surface area contributed by atoms with Crippen LogP contribution < -0.4 is 9.47 Å². The van der Waals surface area contributed by atoms with Gasteiger partial charge in [-0.2, -0.15) is 0 Å². The van der Waals surface area contributed by atoms with Gasteiger partial charge in [-0.15, -0.1) is 0 Å². The van der Waals surface area contributed by atoms with Crippen LogP contribution in [0.1, 0.15) is 108 Å². The Kier molecular flexibility index (Phi) is 6.96. The van der Waals surface area contributed by atoms with Crippen LogP contribution in [0, 0.1) is 11.8 Å². The molecule has 2 saturated carbocycles. The zero-order valence-corrected chi connectivity index (χ0v) is 29.2. The average Bonchev–Trinajstić information content (AvgIpc) is 3.16. The molecule has 1 aromatic carbocycles. The van der Waals surface area contributed by atoms with Crippen LogP contribution in [0.15, 0.2) is 47.1 Å². The van der Waals surface area contributed by atoms with Gasteiger partial charge in [0.05, 0.1) is 5.60 Å². The van der Waals surface area contributed by atoms with E-state index in [1.807, 2.05) is 40.7 Å². The van der Waals surface area contributed by atoms with Gasteiger partial charge >= 0.3 is 5.97 Å². The van der Waals surface area contributed by atoms with Crippen molar-refractivity contribution in [2.75, 3.05) is 7.11 Å². The van der Waals surface area contributed by atoms with E-state index in [9.17, 15) is 19.8 Å². The summed E-state index contributed by atoms with van der Waals surface area (Å²) in [5, 5.41) is 22.0. The first-order chi connectivity index (χ1) is 22.4. The van der Waals surface area contributed by atoms with Gasteiger partial charge in [-0.3, -0.25) is 9.59 Å². The highest BCUT2D eigenvalue weighted by atomic mass is 16.6. The van der Waals surface area contributed by atoms with Gasteiger partial charge < -0.3 is 29.2 Å². The summed E-state index contributed by atoms with van der Waals surface area (Å²) in [7, 11) is 1.44. The summed E-state index contributed by atoms with van der Waals surface area (Å²) in [5.74, 6) is -1.97. The van der Waals surface area contributed by atoms with Crippen molar-refractivity contribution in [2.45, 2.75) is 121 Å². The van der Waals surface area contributed by atoms with Crippen molar-refractivity contribution in [3.05, 3.63) is 63.8 Å². The first-order valence-corrected chi connectivity index (χ1v) is 17.0. The van der Waals surface area contributed by atoms with Crippen molar-refractivity contribution < 1.29 is 43.5 Å². The van der Waals surface area contributed by atoms with Gasteiger partial charge in [0.15, 0.2) is 17.0 Å². The molecular weight excluding hydrogens is 612 g/mol. The molecule has 0 amide bonds. The molecule has 3 heterocycles. The van der Waals surface area contributed by atoms with Crippen LogP contribution in [0.3, 0.4) is 0 Å². The maximum absolute atomic E-state index is 15.2. The number of hydrogen-bond acceptors (Lipinski definition) is 8. The lowest BCUT2D eigenvalue weighted by atomic mass is 9.49. The lowest BCUT2D eigenvalue weighted by Gasteiger charge is -2.59. The maximum Gasteiger partial charge on any atom is 0.330 e. The second-order valence-electron chi connectivity index (χ2n) is 15.9. The molecule has 9 nitrogen and oxygen atoms in total. The number of aliphatic carboxylic acids is 1. The quantitative estimate of drug-likeness (QED) is 0.243. The number of hydrogen-bond donors (Lipinski definition) is 2. The summed E-state index contributed by atoms with van der Waals surface area (Å²) < 4.78 is 26.9. The van der Waals surface area contributed by atoms with E-state index < -0.39 is 51.5 Å². The second-order valence-corrected chi connectivity index (χ2v) is 15.9. The van der Waals surface area contributed by atoms with Crippen molar-refractivity contribution >= 4 is 17.5 Å². The van der Waals surface area contributed by atoms with E-state index >= 15 is 4.79 Å². The number of phenols is 1. The highest BCUT2D eigenvalue weighted by molar-refractivity contribution is 6.20. The molecule has 3 fully saturated rings. The number of carboxylic acids is 1. The number of allylic oxidation sites excluding steroid dienone is 3. The molecule has 256 valence electrons. The Morgan fingerprint density at radius 1 is 1.08 bits per heavy atom. The molecule has 7 aliphatic rings. The molecule has 0 aromatic heterocycles. The predicted octanol–water partition coefficient (Wildman–Crippen LogP) is 6.71. The number of methoxy groups -OCH3 is 1. The molecule has 9 heteroatoms. The van der Waals surface area contributed by atoms with Gasteiger partial charge in [0.1, 0.15) is 34.0 Å². The van der Waals surface area contributed by atoms with Crippen LogP contribution in [-0.4, -0.2) is 62.9 Å². The third kappa shape index (κ3) is 4.00. The van der Waals surface area contributed by atoms with Crippen LogP contribution in [-0.2, 0) is 25.5 Å². The van der Waals surface area contributed by atoms with Gasteiger partial charge in [0.2, 0.25) is 5.78 Å². The molecule has 6 bridgehead atoms. The largest absolute Gasteiger partial charge is 0.507 e. The molecule has 4 aliphatic carbocycles. The van der Waals surface area contributed by atoms with E-state index in [0.717, 1.165) is 24.0 Å². The summed E-state index contributed by atoms with van der Waals surface area (Å²) in [6, 6.07) is 0. The highest BCUT2D eigenvalue weighted by Gasteiger charge is 2.84. The Morgan fingerprint density at radius 3 is 2.42 bits per heavy atom. The Labute approximate surface area is 281 Å². The second kappa shape index (κ2) is 10.2. The Hall–Kier alpha value is -3.69. The third-order valence-corrected chi connectivity index (χ3v) is 12.2. The topological polar surface area (TPSA) is 129 Å². The van der Waals surface area contributed by atoms with Gasteiger partial charge in [0, 0.05) is 47.6 Å². The first-order valence-electron chi connectivity index (χ1n) is 17.0. The summed E-state index contributed by atoms with van der Waals surface area (Å²) in [6.07, 6.45) is 7.86. The first kappa shape index (κ1) is 32.8. The van der Waals surface area contributed by atoms with E-state index in [2.05, 4.69) is 13.5 Å². The number of rotatable bonds is 7. The summed E-state index contributed by atoms with van der Waals surface area (Å²) in [4.78, 5) is 41.8. The van der Waals surface area contributed by atoms with Crippen molar-refractivity contribution in [3.63, 3.8) is 0 Å². The maximum atomic E-state index is 15.2. The smallest absolute Gasteiger partial charge is 0.330 e. The molecule has 48 heavy (non-hydrogen) atoms. The number of carboxylic acid groups (broad SMARTS) is 1. The normalized spacial score (nSPS) is 36.6. The summed E-state index contributed by atoms with van der Waals surface area (Å²) >= 11 is 0. The van der Waals surface area contributed by atoms with Gasteiger partial charge in [-0.25, -0.2) is 4.79 Å². The minimum atomic E-state index is -1.78. The zero-order chi connectivity index (χ0) is 34.9. The van der Waals surface area contributed by atoms with E-state index in [1.165, 1.54) is 20.1 Å². The summed E-state index contributed by atoms with van der Waals surface area (Å²) in [6.45, 7) is 17.6. The van der Waals surface area contributed by atoms with Crippen molar-refractivity contribution in [1.82, 2.24) is 0 Å². The molecule has 8 rings (SSSR count). The monoisotopic (exact) mass is 658 g/mol. The number of carbonyl (C=O) groups excluding carboxylic acids is 2. The van der Waals surface area contributed by atoms with Crippen LogP contribution in [0.5, 0.6) is 17.2 Å². The molecule has 7 atom stereocenters. The minimum Gasteiger partial charge on any atom is -0.507 e.